The van der Waals surface area contributed by atoms with Crippen molar-refractivity contribution >= 4 is 15.7 Å². The van der Waals surface area contributed by atoms with E-state index in [1.54, 1.807) is 24.3 Å². The summed E-state index contributed by atoms with van der Waals surface area (Å²) in [5.41, 5.74) is 0.402. The summed E-state index contributed by atoms with van der Waals surface area (Å²) in [7, 11) is -3.86. The second-order valence-electron chi connectivity index (χ2n) is 4.87. The van der Waals surface area contributed by atoms with Crippen molar-refractivity contribution in [3.8, 4) is 0 Å². The van der Waals surface area contributed by atoms with Crippen molar-refractivity contribution in [1.29, 1.82) is 0 Å². The zero-order chi connectivity index (χ0) is 16.9. The maximum absolute atomic E-state index is 12.1. The number of hydrogen-bond donors (Lipinski definition) is 2. The Labute approximate surface area is 133 Å². The van der Waals surface area contributed by atoms with Crippen molar-refractivity contribution in [3.63, 3.8) is 0 Å². The molecule has 1 atom stereocenters. The van der Waals surface area contributed by atoms with Gasteiger partial charge in [0.2, 0.25) is 10.0 Å². The Morgan fingerprint density at radius 1 is 1.13 bits per heavy atom. The summed E-state index contributed by atoms with van der Waals surface area (Å²) in [6, 6.07) is 13.7. The molecule has 0 saturated heterocycles. The minimum Gasteiger partial charge on any atom is -0.388 e. The molecule has 0 aliphatic heterocycles. The zero-order valence-electron chi connectivity index (χ0n) is 12.1. The number of sulfonamides is 1. The molecule has 2 aromatic rings. The third-order valence-corrected chi connectivity index (χ3v) is 4.69. The molecular weight excluding hydrogens is 320 g/mol. The molecule has 0 spiro atoms. The number of non-ortho nitro benzene ring substituents is 1. The first-order valence-electron chi connectivity index (χ1n) is 6.87. The van der Waals surface area contributed by atoms with Gasteiger partial charge in [-0.3, -0.25) is 10.1 Å². The van der Waals surface area contributed by atoms with Gasteiger partial charge in [0.25, 0.3) is 5.69 Å². The monoisotopic (exact) mass is 336 g/mol. The molecule has 0 aromatic heterocycles. The normalized spacial score (nSPS) is 12.7. The molecule has 23 heavy (non-hydrogen) atoms. The summed E-state index contributed by atoms with van der Waals surface area (Å²) >= 11 is 0. The minimum absolute atomic E-state index is 0.0150. The van der Waals surface area contributed by atoms with E-state index in [0.717, 1.165) is 6.07 Å². The minimum atomic E-state index is -3.86. The Balaban J connectivity index is 1.99. The number of rotatable bonds is 7. The summed E-state index contributed by atoms with van der Waals surface area (Å²) < 4.78 is 26.6. The van der Waals surface area contributed by atoms with Crippen LogP contribution in [0.3, 0.4) is 0 Å². The average molecular weight is 336 g/mol. The van der Waals surface area contributed by atoms with E-state index in [4.69, 9.17) is 0 Å². The van der Waals surface area contributed by atoms with Gasteiger partial charge >= 0.3 is 0 Å². The van der Waals surface area contributed by atoms with Crippen LogP contribution in [0.25, 0.3) is 0 Å². The smallest absolute Gasteiger partial charge is 0.270 e. The second kappa shape index (κ2) is 7.32. The van der Waals surface area contributed by atoms with E-state index in [9.17, 15) is 23.6 Å². The zero-order valence-corrected chi connectivity index (χ0v) is 12.9. The predicted octanol–water partition coefficient (Wildman–Crippen LogP) is 2.00. The van der Waals surface area contributed by atoms with Crippen molar-refractivity contribution < 1.29 is 18.4 Å². The van der Waals surface area contributed by atoms with Crippen LogP contribution >= 0.6 is 0 Å². The SMILES string of the molecule is O=[N+]([O-])c1cccc(S(=O)(=O)NCCC(O)c2ccccc2)c1. The average Bonchev–Trinajstić information content (AvgIpc) is 2.55. The molecule has 0 amide bonds. The molecule has 0 radical (unpaired) electrons. The van der Waals surface area contributed by atoms with E-state index in [-0.39, 0.29) is 23.5 Å². The molecule has 0 fully saturated rings. The number of aliphatic hydroxyl groups is 1. The maximum Gasteiger partial charge on any atom is 0.270 e. The maximum atomic E-state index is 12.1. The number of nitrogens with one attached hydrogen (secondary N) is 1. The Hall–Kier alpha value is -2.29. The molecule has 0 aliphatic carbocycles. The van der Waals surface area contributed by atoms with Crippen molar-refractivity contribution in [2.45, 2.75) is 17.4 Å². The lowest BCUT2D eigenvalue weighted by Gasteiger charge is -2.12. The van der Waals surface area contributed by atoms with E-state index in [1.807, 2.05) is 6.07 Å². The third-order valence-electron chi connectivity index (χ3n) is 3.23. The van der Waals surface area contributed by atoms with Gasteiger partial charge in [-0.15, -0.1) is 0 Å². The van der Waals surface area contributed by atoms with Crippen LogP contribution in [0.15, 0.2) is 59.5 Å². The molecule has 1 unspecified atom stereocenters. The van der Waals surface area contributed by atoms with Crippen LogP contribution in [0, 0.1) is 10.1 Å². The van der Waals surface area contributed by atoms with Gasteiger partial charge in [-0.1, -0.05) is 36.4 Å². The number of benzene rings is 2. The van der Waals surface area contributed by atoms with Gasteiger partial charge in [0.15, 0.2) is 0 Å². The Kier molecular flexibility index (Phi) is 5.43. The first kappa shape index (κ1) is 17.1. The van der Waals surface area contributed by atoms with E-state index in [0.29, 0.717) is 5.56 Å². The highest BCUT2D eigenvalue weighted by Gasteiger charge is 2.18. The first-order valence-corrected chi connectivity index (χ1v) is 8.35. The molecule has 2 rings (SSSR count). The summed E-state index contributed by atoms with van der Waals surface area (Å²) in [4.78, 5) is 9.86. The molecule has 7 nitrogen and oxygen atoms in total. The number of nitro groups is 1. The molecule has 0 heterocycles. The fourth-order valence-electron chi connectivity index (χ4n) is 2.02. The molecule has 0 aliphatic rings. The lowest BCUT2D eigenvalue weighted by atomic mass is 10.1. The number of aliphatic hydroxyl groups excluding tert-OH is 1. The van der Waals surface area contributed by atoms with E-state index in [1.165, 1.54) is 18.2 Å². The number of hydrogen-bond acceptors (Lipinski definition) is 5. The van der Waals surface area contributed by atoms with Gasteiger partial charge in [-0.2, -0.15) is 0 Å². The Morgan fingerprint density at radius 3 is 2.48 bits per heavy atom. The van der Waals surface area contributed by atoms with Crippen LogP contribution in [-0.2, 0) is 10.0 Å². The number of nitro benzene ring substituents is 1. The van der Waals surface area contributed by atoms with Crippen molar-refractivity contribution in [2.24, 2.45) is 0 Å². The predicted molar refractivity (Wildman–Crippen MR) is 84.3 cm³/mol. The van der Waals surface area contributed by atoms with E-state index >= 15 is 0 Å². The molecule has 0 saturated carbocycles. The highest BCUT2D eigenvalue weighted by molar-refractivity contribution is 7.89. The molecule has 2 N–H and O–H groups in total. The van der Waals surface area contributed by atoms with Crippen LogP contribution in [0.2, 0.25) is 0 Å². The van der Waals surface area contributed by atoms with Gasteiger partial charge in [0.1, 0.15) is 0 Å². The molecule has 0 bridgehead atoms. The molecule has 2 aromatic carbocycles. The Bertz CT molecular complexity index is 777. The summed E-state index contributed by atoms with van der Waals surface area (Å²) in [5.74, 6) is 0. The summed E-state index contributed by atoms with van der Waals surface area (Å²) in [5, 5.41) is 20.7. The molecule has 8 heteroatoms. The lowest BCUT2D eigenvalue weighted by Crippen LogP contribution is -2.26. The van der Waals surface area contributed by atoms with Gasteiger partial charge in [0, 0.05) is 18.7 Å². The van der Waals surface area contributed by atoms with Gasteiger partial charge < -0.3 is 5.11 Å². The molecule has 122 valence electrons. The summed E-state index contributed by atoms with van der Waals surface area (Å²) in [6.07, 6.45) is -0.595. The first-order chi connectivity index (χ1) is 10.9. The van der Waals surface area contributed by atoms with Crippen LogP contribution < -0.4 is 4.72 Å². The van der Waals surface area contributed by atoms with Crippen LogP contribution in [0.4, 0.5) is 5.69 Å². The van der Waals surface area contributed by atoms with Crippen molar-refractivity contribution in [2.75, 3.05) is 6.54 Å². The van der Waals surface area contributed by atoms with Crippen molar-refractivity contribution in [3.05, 3.63) is 70.3 Å². The largest absolute Gasteiger partial charge is 0.388 e. The van der Waals surface area contributed by atoms with Crippen LogP contribution in [0.1, 0.15) is 18.1 Å². The van der Waals surface area contributed by atoms with E-state index in [2.05, 4.69) is 4.72 Å². The highest BCUT2D eigenvalue weighted by Crippen LogP contribution is 2.18. The fourth-order valence-corrected chi connectivity index (χ4v) is 3.11. The summed E-state index contributed by atoms with van der Waals surface area (Å²) in [6.45, 7) is 0.0150. The van der Waals surface area contributed by atoms with E-state index < -0.39 is 21.1 Å². The quantitative estimate of drug-likeness (QED) is 0.593. The third kappa shape index (κ3) is 4.59. The highest BCUT2D eigenvalue weighted by atomic mass is 32.2. The van der Waals surface area contributed by atoms with Gasteiger partial charge in [0.05, 0.1) is 15.9 Å². The van der Waals surface area contributed by atoms with Gasteiger partial charge in [-0.25, -0.2) is 13.1 Å². The van der Waals surface area contributed by atoms with Gasteiger partial charge in [-0.05, 0) is 18.1 Å². The topological polar surface area (TPSA) is 110 Å². The Morgan fingerprint density at radius 2 is 1.83 bits per heavy atom. The standard InChI is InChI=1S/C15H16N2O5S/c18-15(12-5-2-1-3-6-12)9-10-16-23(21,22)14-8-4-7-13(11-14)17(19)20/h1-8,11,15-16,18H,9-10H2. The second-order valence-corrected chi connectivity index (χ2v) is 6.63. The molecular formula is C15H16N2O5S. The number of nitrogens with zero attached hydrogens (tertiary/aromatic N) is 1. The fraction of sp³-hybridized carbons (Fsp3) is 0.200. The van der Waals surface area contributed by atoms with Crippen molar-refractivity contribution in [1.82, 2.24) is 4.72 Å². The lowest BCUT2D eigenvalue weighted by molar-refractivity contribution is -0.385. The van der Waals surface area contributed by atoms with Crippen LogP contribution in [0.5, 0.6) is 0 Å². The van der Waals surface area contributed by atoms with Crippen LogP contribution in [-0.4, -0.2) is 25.0 Å².